The lowest BCUT2D eigenvalue weighted by Crippen LogP contribution is -2.41. The summed E-state index contributed by atoms with van der Waals surface area (Å²) in [6, 6.07) is 5.99. The summed E-state index contributed by atoms with van der Waals surface area (Å²) < 4.78 is 45.9. The number of hydrogen-bond donors (Lipinski definition) is 1. The first kappa shape index (κ1) is 27.3. The lowest BCUT2D eigenvalue weighted by Gasteiger charge is -2.32. The predicted octanol–water partition coefficient (Wildman–Crippen LogP) is 5.84. The smallest absolute Gasteiger partial charge is 0.399 e. The van der Waals surface area contributed by atoms with Crippen LogP contribution in [0.15, 0.2) is 43.0 Å². The highest BCUT2D eigenvalue weighted by Crippen LogP contribution is 2.36. The Morgan fingerprint density at radius 2 is 1.55 bits per heavy atom. The molecular formula is C22H35BF3NO2. The summed E-state index contributed by atoms with van der Waals surface area (Å²) in [5.74, 6) is 0. The third-order valence-corrected chi connectivity index (χ3v) is 4.68. The molecule has 1 heterocycles. The number of halogens is 3. The molecule has 7 heteroatoms. The van der Waals surface area contributed by atoms with Gasteiger partial charge in [0.1, 0.15) is 0 Å². The van der Waals surface area contributed by atoms with Crippen molar-refractivity contribution in [2.45, 2.75) is 78.7 Å². The van der Waals surface area contributed by atoms with Crippen LogP contribution in [0.1, 0.15) is 60.5 Å². The molecule has 0 atom stereocenters. The number of rotatable bonds is 3. The standard InChI is InChI=1S/C14H22BNO2.C5H5F3.C3H8/c1-6-10-9-11(7-8-12(10)16)15-17-13(2,3)14(4,5)18-15;1-3-4(2)5(6,7)8;1-3-2/h7-9H,6,16H2,1-5H3;3H,1-2H2;3H2,1-2H3. The average Bonchev–Trinajstić information content (AvgIpc) is 2.82. The van der Waals surface area contributed by atoms with Crippen LogP contribution in [0.25, 0.3) is 0 Å². The Kier molecular flexibility index (Phi) is 10.2. The first-order valence-corrected chi connectivity index (χ1v) is 9.79. The van der Waals surface area contributed by atoms with Gasteiger partial charge in [-0.3, -0.25) is 0 Å². The highest BCUT2D eigenvalue weighted by Gasteiger charge is 2.51. The van der Waals surface area contributed by atoms with E-state index in [2.05, 4.69) is 67.7 Å². The number of hydrogen-bond acceptors (Lipinski definition) is 3. The van der Waals surface area contributed by atoms with Crippen LogP contribution >= 0.6 is 0 Å². The first-order chi connectivity index (χ1) is 13.2. The minimum atomic E-state index is -4.30. The molecule has 0 radical (unpaired) electrons. The molecule has 0 unspecified atom stereocenters. The van der Waals surface area contributed by atoms with Gasteiger partial charge in [-0.05, 0) is 51.2 Å². The summed E-state index contributed by atoms with van der Waals surface area (Å²) in [6.45, 7) is 20.2. The van der Waals surface area contributed by atoms with E-state index in [9.17, 15) is 13.2 Å². The van der Waals surface area contributed by atoms with Crippen molar-refractivity contribution in [2.75, 3.05) is 5.73 Å². The Bertz CT molecular complexity index is 669. The zero-order valence-electron chi connectivity index (χ0n) is 18.7. The van der Waals surface area contributed by atoms with E-state index in [1.54, 1.807) is 0 Å². The number of nitrogens with two attached hydrogens (primary N) is 1. The Labute approximate surface area is 174 Å². The Hall–Kier alpha value is -1.73. The fourth-order valence-corrected chi connectivity index (χ4v) is 2.17. The van der Waals surface area contributed by atoms with Crippen LogP contribution in [0.5, 0.6) is 0 Å². The lowest BCUT2D eigenvalue weighted by atomic mass is 9.78. The summed E-state index contributed by atoms with van der Waals surface area (Å²) in [4.78, 5) is 0. The van der Waals surface area contributed by atoms with Crippen LogP contribution in [-0.2, 0) is 15.7 Å². The van der Waals surface area contributed by atoms with E-state index < -0.39 is 11.7 Å². The molecule has 1 aromatic rings. The molecule has 1 aliphatic rings. The molecule has 0 amide bonds. The van der Waals surface area contributed by atoms with Crippen LogP contribution in [0.3, 0.4) is 0 Å². The normalized spacial score (nSPS) is 16.8. The Balaban J connectivity index is 0.000000599. The molecule has 0 aromatic heterocycles. The highest BCUT2D eigenvalue weighted by atomic mass is 19.4. The van der Waals surface area contributed by atoms with Crippen LogP contribution in [0.2, 0.25) is 0 Å². The van der Waals surface area contributed by atoms with Gasteiger partial charge in [-0.2, -0.15) is 13.2 Å². The molecule has 0 saturated carbocycles. The Morgan fingerprint density at radius 3 is 1.86 bits per heavy atom. The maximum atomic E-state index is 11.3. The van der Waals surface area contributed by atoms with Crippen LogP contribution < -0.4 is 11.2 Å². The first-order valence-electron chi connectivity index (χ1n) is 9.79. The third-order valence-electron chi connectivity index (χ3n) is 4.68. The van der Waals surface area contributed by atoms with Gasteiger partial charge < -0.3 is 15.0 Å². The predicted molar refractivity (Wildman–Crippen MR) is 117 cm³/mol. The van der Waals surface area contributed by atoms with E-state index in [4.69, 9.17) is 15.0 Å². The minimum absolute atomic E-state index is 0.300. The van der Waals surface area contributed by atoms with Gasteiger partial charge >= 0.3 is 13.3 Å². The Morgan fingerprint density at radius 1 is 1.10 bits per heavy atom. The lowest BCUT2D eigenvalue weighted by molar-refractivity contribution is -0.0877. The molecule has 0 bridgehead atoms. The van der Waals surface area contributed by atoms with Crippen molar-refractivity contribution in [3.63, 3.8) is 0 Å². The molecule has 29 heavy (non-hydrogen) atoms. The second-order valence-electron chi connectivity index (χ2n) is 7.83. The minimum Gasteiger partial charge on any atom is -0.399 e. The zero-order valence-corrected chi connectivity index (χ0v) is 18.7. The molecule has 0 spiro atoms. The summed E-state index contributed by atoms with van der Waals surface area (Å²) >= 11 is 0. The van der Waals surface area contributed by atoms with E-state index >= 15 is 0 Å². The van der Waals surface area contributed by atoms with Crippen molar-refractivity contribution >= 4 is 18.3 Å². The number of allylic oxidation sites excluding steroid dienone is 2. The molecule has 2 rings (SSSR count). The molecule has 2 N–H and O–H groups in total. The maximum Gasteiger partial charge on any atom is 0.494 e. The largest absolute Gasteiger partial charge is 0.494 e. The molecule has 1 aromatic carbocycles. The van der Waals surface area contributed by atoms with Crippen molar-refractivity contribution in [1.29, 1.82) is 0 Å². The zero-order chi connectivity index (χ0) is 23.0. The third kappa shape index (κ3) is 7.90. The van der Waals surface area contributed by atoms with Gasteiger partial charge in [0, 0.05) is 11.3 Å². The van der Waals surface area contributed by atoms with Crippen molar-refractivity contribution in [2.24, 2.45) is 0 Å². The van der Waals surface area contributed by atoms with Crippen LogP contribution in [-0.4, -0.2) is 24.5 Å². The number of aryl methyl sites for hydroxylation is 1. The summed E-state index contributed by atoms with van der Waals surface area (Å²) in [7, 11) is -0.305. The van der Waals surface area contributed by atoms with E-state index in [0.29, 0.717) is 6.08 Å². The van der Waals surface area contributed by atoms with Crippen molar-refractivity contribution < 1.29 is 22.5 Å². The quantitative estimate of drug-likeness (QED) is 0.385. The van der Waals surface area contributed by atoms with Gasteiger partial charge in [0.05, 0.1) is 11.2 Å². The molecule has 1 saturated heterocycles. The van der Waals surface area contributed by atoms with Gasteiger partial charge in [0.2, 0.25) is 0 Å². The molecule has 3 nitrogen and oxygen atoms in total. The van der Waals surface area contributed by atoms with Crippen molar-refractivity contribution in [1.82, 2.24) is 0 Å². The average molecular weight is 413 g/mol. The SMILES string of the molecule is C=CC(=C)C(F)(F)F.CCC.CCc1cc(B2OC(C)(C)C(C)(C)O2)ccc1N. The number of anilines is 1. The van der Waals surface area contributed by atoms with Gasteiger partial charge in [0.25, 0.3) is 0 Å². The van der Waals surface area contributed by atoms with Crippen molar-refractivity contribution in [3.05, 3.63) is 48.6 Å². The second kappa shape index (κ2) is 10.9. The fraction of sp³-hybridized carbons (Fsp3) is 0.545. The summed E-state index contributed by atoms with van der Waals surface area (Å²) in [5, 5.41) is 0. The highest BCUT2D eigenvalue weighted by molar-refractivity contribution is 6.62. The molecule has 164 valence electrons. The molecule has 0 aliphatic carbocycles. The van der Waals surface area contributed by atoms with E-state index in [0.717, 1.165) is 23.1 Å². The monoisotopic (exact) mass is 413 g/mol. The van der Waals surface area contributed by atoms with Crippen molar-refractivity contribution in [3.8, 4) is 0 Å². The maximum absolute atomic E-state index is 11.3. The van der Waals surface area contributed by atoms with Gasteiger partial charge in [0.15, 0.2) is 0 Å². The fourth-order valence-electron chi connectivity index (χ4n) is 2.17. The number of benzene rings is 1. The van der Waals surface area contributed by atoms with E-state index in [1.807, 2.05) is 12.1 Å². The van der Waals surface area contributed by atoms with Crippen LogP contribution in [0.4, 0.5) is 18.9 Å². The second-order valence-corrected chi connectivity index (χ2v) is 7.83. The molecule has 1 fully saturated rings. The summed E-state index contributed by atoms with van der Waals surface area (Å²) in [6.07, 6.45) is -1.46. The number of nitrogen functional groups attached to an aromatic ring is 1. The van der Waals surface area contributed by atoms with Crippen LogP contribution in [0, 0.1) is 0 Å². The van der Waals surface area contributed by atoms with Gasteiger partial charge in [-0.1, -0.05) is 58.6 Å². The molecular weight excluding hydrogens is 378 g/mol. The summed E-state index contributed by atoms with van der Waals surface area (Å²) in [5.41, 5.74) is 7.43. The van der Waals surface area contributed by atoms with Gasteiger partial charge in [-0.15, -0.1) is 0 Å². The van der Waals surface area contributed by atoms with E-state index in [-0.39, 0.29) is 18.3 Å². The topological polar surface area (TPSA) is 44.5 Å². The number of alkyl halides is 3. The van der Waals surface area contributed by atoms with Gasteiger partial charge in [-0.25, -0.2) is 0 Å². The molecule has 1 aliphatic heterocycles. The van der Waals surface area contributed by atoms with E-state index in [1.165, 1.54) is 6.42 Å².